The van der Waals surface area contributed by atoms with Crippen LogP contribution in [0.1, 0.15) is 38.5 Å². The van der Waals surface area contributed by atoms with Crippen LogP contribution in [-0.4, -0.2) is 40.0 Å². The molecule has 0 saturated heterocycles. The van der Waals surface area contributed by atoms with Crippen molar-refractivity contribution in [2.45, 2.75) is 44.6 Å². The van der Waals surface area contributed by atoms with Crippen molar-refractivity contribution in [1.82, 2.24) is 5.32 Å². The lowest BCUT2D eigenvalue weighted by molar-refractivity contribution is 0.0284. The van der Waals surface area contributed by atoms with Crippen molar-refractivity contribution in [1.29, 1.82) is 0 Å². The average molecular weight is 229 g/mol. The minimum atomic E-state index is 0.191. The maximum Gasteiger partial charge on any atom is 0.0928 e. The van der Waals surface area contributed by atoms with Gasteiger partial charge in [-0.1, -0.05) is 25.7 Å². The standard InChI is InChI=1S/C13H27NO2/c1-15-11-13(16-2)10-14-9-12-7-5-3-4-6-8-12/h12-14H,3-11H2,1-2H3. The highest BCUT2D eigenvalue weighted by molar-refractivity contribution is 4.68. The molecule has 0 aromatic heterocycles. The van der Waals surface area contributed by atoms with Gasteiger partial charge >= 0.3 is 0 Å². The summed E-state index contributed by atoms with van der Waals surface area (Å²) in [6.07, 6.45) is 8.68. The van der Waals surface area contributed by atoms with E-state index in [0.29, 0.717) is 6.61 Å². The monoisotopic (exact) mass is 229 g/mol. The van der Waals surface area contributed by atoms with E-state index >= 15 is 0 Å². The summed E-state index contributed by atoms with van der Waals surface area (Å²) in [5.41, 5.74) is 0. The highest BCUT2D eigenvalue weighted by Crippen LogP contribution is 2.21. The molecule has 0 amide bonds. The van der Waals surface area contributed by atoms with Crippen LogP contribution in [0.4, 0.5) is 0 Å². The molecule has 1 fully saturated rings. The van der Waals surface area contributed by atoms with Gasteiger partial charge in [0.2, 0.25) is 0 Å². The fourth-order valence-corrected chi connectivity index (χ4v) is 2.41. The molecule has 1 unspecified atom stereocenters. The minimum absolute atomic E-state index is 0.191. The first kappa shape index (κ1) is 13.9. The van der Waals surface area contributed by atoms with E-state index < -0.39 is 0 Å². The Balaban J connectivity index is 2.08. The molecule has 0 radical (unpaired) electrons. The minimum Gasteiger partial charge on any atom is -0.382 e. The van der Waals surface area contributed by atoms with Crippen LogP contribution in [0.5, 0.6) is 0 Å². The maximum atomic E-state index is 5.32. The maximum absolute atomic E-state index is 5.32. The van der Waals surface area contributed by atoms with Gasteiger partial charge in [0, 0.05) is 20.8 Å². The van der Waals surface area contributed by atoms with Gasteiger partial charge < -0.3 is 14.8 Å². The number of nitrogens with one attached hydrogen (secondary N) is 1. The summed E-state index contributed by atoms with van der Waals surface area (Å²) in [5.74, 6) is 0.877. The van der Waals surface area contributed by atoms with E-state index in [2.05, 4.69) is 5.32 Å². The van der Waals surface area contributed by atoms with Gasteiger partial charge in [0.25, 0.3) is 0 Å². The van der Waals surface area contributed by atoms with E-state index in [-0.39, 0.29) is 6.10 Å². The molecule has 1 N–H and O–H groups in total. The first-order valence-corrected chi connectivity index (χ1v) is 6.59. The predicted octanol–water partition coefficient (Wildman–Crippen LogP) is 2.21. The summed E-state index contributed by atoms with van der Waals surface area (Å²) >= 11 is 0. The Hall–Kier alpha value is -0.120. The third-order valence-corrected chi connectivity index (χ3v) is 3.47. The van der Waals surface area contributed by atoms with Gasteiger partial charge in [-0.2, -0.15) is 0 Å². The van der Waals surface area contributed by atoms with Gasteiger partial charge in [0.05, 0.1) is 12.7 Å². The molecule has 1 saturated carbocycles. The number of hydrogen-bond acceptors (Lipinski definition) is 3. The molecule has 1 aliphatic carbocycles. The molecular formula is C13H27NO2. The zero-order valence-corrected chi connectivity index (χ0v) is 10.8. The molecule has 0 bridgehead atoms. The predicted molar refractivity (Wildman–Crippen MR) is 66.7 cm³/mol. The normalized spacial score (nSPS) is 20.6. The van der Waals surface area contributed by atoms with Crippen molar-refractivity contribution >= 4 is 0 Å². The van der Waals surface area contributed by atoms with Gasteiger partial charge in [0.15, 0.2) is 0 Å². The first-order chi connectivity index (χ1) is 7.86. The second-order valence-corrected chi connectivity index (χ2v) is 4.83. The zero-order chi connectivity index (χ0) is 11.6. The lowest BCUT2D eigenvalue weighted by atomic mass is 10.0. The zero-order valence-electron chi connectivity index (χ0n) is 10.8. The quantitative estimate of drug-likeness (QED) is 0.679. The summed E-state index contributed by atoms with van der Waals surface area (Å²) < 4.78 is 10.4. The first-order valence-electron chi connectivity index (χ1n) is 6.59. The van der Waals surface area contributed by atoms with E-state index in [0.717, 1.165) is 19.0 Å². The number of ether oxygens (including phenoxy) is 2. The summed E-state index contributed by atoms with van der Waals surface area (Å²) in [4.78, 5) is 0. The van der Waals surface area contributed by atoms with Crippen molar-refractivity contribution in [3.63, 3.8) is 0 Å². The molecule has 1 atom stereocenters. The average Bonchev–Trinajstić information content (AvgIpc) is 2.56. The second-order valence-electron chi connectivity index (χ2n) is 4.83. The molecule has 0 aromatic carbocycles. The number of hydrogen-bond donors (Lipinski definition) is 1. The van der Waals surface area contributed by atoms with E-state index in [1.54, 1.807) is 14.2 Å². The van der Waals surface area contributed by atoms with E-state index in [1.807, 2.05) is 0 Å². The van der Waals surface area contributed by atoms with Crippen molar-refractivity contribution in [2.75, 3.05) is 33.9 Å². The Labute approximate surface area is 99.9 Å². The van der Waals surface area contributed by atoms with Gasteiger partial charge in [0.1, 0.15) is 0 Å². The van der Waals surface area contributed by atoms with Gasteiger partial charge in [-0.25, -0.2) is 0 Å². The SMILES string of the molecule is COCC(CNCC1CCCCCC1)OC. The van der Waals surface area contributed by atoms with Crippen LogP contribution in [0, 0.1) is 5.92 Å². The van der Waals surface area contributed by atoms with Gasteiger partial charge in [-0.3, -0.25) is 0 Å². The van der Waals surface area contributed by atoms with Crippen LogP contribution in [0.15, 0.2) is 0 Å². The van der Waals surface area contributed by atoms with Crippen molar-refractivity contribution in [3.05, 3.63) is 0 Å². The third kappa shape index (κ3) is 5.83. The van der Waals surface area contributed by atoms with Crippen molar-refractivity contribution in [2.24, 2.45) is 5.92 Å². The molecule has 3 heteroatoms. The van der Waals surface area contributed by atoms with Crippen LogP contribution < -0.4 is 5.32 Å². The van der Waals surface area contributed by atoms with Crippen molar-refractivity contribution in [3.8, 4) is 0 Å². The Morgan fingerprint density at radius 1 is 1.12 bits per heavy atom. The Morgan fingerprint density at radius 2 is 1.81 bits per heavy atom. The highest BCUT2D eigenvalue weighted by atomic mass is 16.5. The summed E-state index contributed by atoms with van der Waals surface area (Å²) in [6, 6.07) is 0. The molecule has 0 spiro atoms. The van der Waals surface area contributed by atoms with E-state index in [4.69, 9.17) is 9.47 Å². The summed E-state index contributed by atoms with van der Waals surface area (Å²) in [7, 11) is 3.47. The van der Waals surface area contributed by atoms with E-state index in [1.165, 1.54) is 38.5 Å². The lowest BCUT2D eigenvalue weighted by Gasteiger charge is -2.18. The van der Waals surface area contributed by atoms with Crippen LogP contribution in [0.3, 0.4) is 0 Å². The van der Waals surface area contributed by atoms with Crippen LogP contribution in [0.25, 0.3) is 0 Å². The van der Waals surface area contributed by atoms with Crippen LogP contribution in [0.2, 0.25) is 0 Å². The Morgan fingerprint density at radius 3 is 2.38 bits per heavy atom. The number of rotatable bonds is 7. The lowest BCUT2D eigenvalue weighted by Crippen LogP contribution is -2.34. The van der Waals surface area contributed by atoms with Gasteiger partial charge in [-0.15, -0.1) is 0 Å². The topological polar surface area (TPSA) is 30.5 Å². The van der Waals surface area contributed by atoms with E-state index in [9.17, 15) is 0 Å². The molecule has 0 aromatic rings. The smallest absolute Gasteiger partial charge is 0.0928 e. The molecule has 0 heterocycles. The molecule has 3 nitrogen and oxygen atoms in total. The molecular weight excluding hydrogens is 202 g/mol. The third-order valence-electron chi connectivity index (χ3n) is 3.47. The van der Waals surface area contributed by atoms with Crippen molar-refractivity contribution < 1.29 is 9.47 Å². The Bertz CT molecular complexity index is 156. The molecule has 0 aliphatic heterocycles. The Kier molecular flexibility index (Phi) is 7.81. The number of methoxy groups -OCH3 is 2. The molecule has 96 valence electrons. The molecule has 1 aliphatic rings. The fourth-order valence-electron chi connectivity index (χ4n) is 2.41. The molecule has 16 heavy (non-hydrogen) atoms. The summed E-state index contributed by atoms with van der Waals surface area (Å²) in [5, 5.41) is 3.51. The van der Waals surface area contributed by atoms with Gasteiger partial charge in [-0.05, 0) is 25.3 Å². The highest BCUT2D eigenvalue weighted by Gasteiger charge is 2.13. The summed E-state index contributed by atoms with van der Waals surface area (Å²) in [6.45, 7) is 2.72. The largest absolute Gasteiger partial charge is 0.382 e. The van der Waals surface area contributed by atoms with Crippen LogP contribution in [-0.2, 0) is 9.47 Å². The second kappa shape index (κ2) is 8.97. The molecule has 1 rings (SSSR count). The fraction of sp³-hybridized carbons (Fsp3) is 1.00. The van der Waals surface area contributed by atoms with Crippen LogP contribution >= 0.6 is 0 Å².